The van der Waals surface area contributed by atoms with Crippen molar-refractivity contribution in [2.45, 2.75) is 65.6 Å². The maximum Gasteiger partial charge on any atom is 0.331 e. The number of esters is 2. The van der Waals surface area contributed by atoms with Crippen LogP contribution in [-0.4, -0.2) is 36.0 Å². The number of cyclic esters (lactones) is 1. The van der Waals surface area contributed by atoms with Crippen LogP contribution in [0.3, 0.4) is 0 Å². The molecule has 0 amide bonds. The Kier molecular flexibility index (Phi) is 5.91. The van der Waals surface area contributed by atoms with E-state index in [1.165, 1.54) is 13.2 Å². The summed E-state index contributed by atoms with van der Waals surface area (Å²) in [5, 5.41) is 11.3. The third-order valence-corrected chi connectivity index (χ3v) is 9.04. The normalized spacial score (nSPS) is 37.5. The quantitative estimate of drug-likeness (QED) is 0.654. The third-order valence-electron chi connectivity index (χ3n) is 9.04. The molecule has 2 aliphatic carbocycles. The summed E-state index contributed by atoms with van der Waals surface area (Å²) < 4.78 is 16.0. The molecule has 1 aromatic rings. The fourth-order valence-electron chi connectivity index (χ4n) is 6.84. The lowest BCUT2D eigenvalue weighted by Crippen LogP contribution is -2.60. The molecule has 0 bridgehead atoms. The number of carbonyl (C=O) groups excluding carboxylic acids is 3. The zero-order chi connectivity index (χ0) is 25.1. The number of fused-ring (bicyclic) bond motifs is 1. The van der Waals surface area contributed by atoms with Crippen LogP contribution in [0.5, 0.6) is 0 Å². The van der Waals surface area contributed by atoms with Crippen molar-refractivity contribution in [2.24, 2.45) is 28.1 Å². The van der Waals surface area contributed by atoms with E-state index in [1.54, 1.807) is 18.6 Å². The molecule has 0 aromatic carbocycles. The highest BCUT2D eigenvalue weighted by Crippen LogP contribution is 2.63. The molecule has 7 nitrogen and oxygen atoms in total. The number of aliphatic hydroxyl groups is 1. The predicted molar refractivity (Wildman–Crippen MR) is 123 cm³/mol. The first-order valence-corrected chi connectivity index (χ1v) is 11.8. The second kappa shape index (κ2) is 8.22. The standard InChI is InChI=1S/C27H34O7/c1-15-17(27(5)19(12-22(30)32-6)25(2,3)20(28)13-21(27)29)7-9-26(4)18(15)11-23(31)34-24(26)16-8-10-33-14-16/h8,10-11,14,17,19,21,24,29H,1,7,9,12-13H2,2-6H3. The summed E-state index contributed by atoms with van der Waals surface area (Å²) in [4.78, 5) is 38.0. The van der Waals surface area contributed by atoms with Crippen molar-refractivity contribution in [1.82, 2.24) is 0 Å². The van der Waals surface area contributed by atoms with E-state index < -0.39 is 46.3 Å². The lowest BCUT2D eigenvalue weighted by molar-refractivity contribution is -0.170. The average Bonchev–Trinajstić information content (AvgIpc) is 3.31. The molecule has 0 spiro atoms. The number of hydrogen-bond acceptors (Lipinski definition) is 7. The van der Waals surface area contributed by atoms with Gasteiger partial charge in [0.25, 0.3) is 0 Å². The van der Waals surface area contributed by atoms with Gasteiger partial charge in [-0.2, -0.15) is 0 Å². The Labute approximate surface area is 200 Å². The Balaban J connectivity index is 1.77. The van der Waals surface area contributed by atoms with E-state index in [9.17, 15) is 19.5 Å². The molecule has 7 heteroatoms. The van der Waals surface area contributed by atoms with E-state index in [1.807, 2.05) is 20.8 Å². The van der Waals surface area contributed by atoms with Crippen LogP contribution in [0.2, 0.25) is 0 Å². The minimum atomic E-state index is -0.949. The van der Waals surface area contributed by atoms with E-state index in [4.69, 9.17) is 13.9 Å². The van der Waals surface area contributed by atoms with Gasteiger partial charge in [0.15, 0.2) is 0 Å². The predicted octanol–water partition coefficient (Wildman–Crippen LogP) is 4.32. The van der Waals surface area contributed by atoms with Crippen LogP contribution in [0.4, 0.5) is 0 Å². The molecule has 2 saturated carbocycles. The van der Waals surface area contributed by atoms with Crippen LogP contribution >= 0.6 is 0 Å². The summed E-state index contributed by atoms with van der Waals surface area (Å²) in [6.45, 7) is 12.1. The van der Waals surface area contributed by atoms with E-state index in [-0.39, 0.29) is 24.5 Å². The summed E-state index contributed by atoms with van der Waals surface area (Å²) in [5.74, 6) is -1.64. The Bertz CT molecular complexity index is 1050. The van der Waals surface area contributed by atoms with Gasteiger partial charge in [-0.05, 0) is 41.9 Å². The highest BCUT2D eigenvalue weighted by Gasteiger charge is 2.62. The maximum atomic E-state index is 12.9. The minimum absolute atomic E-state index is 0.0148. The lowest BCUT2D eigenvalue weighted by atomic mass is 9.46. The van der Waals surface area contributed by atoms with Crippen LogP contribution in [0.15, 0.2) is 46.8 Å². The first kappa shape index (κ1) is 24.5. The van der Waals surface area contributed by atoms with Crippen molar-refractivity contribution >= 4 is 17.7 Å². The number of rotatable bonds is 4. The van der Waals surface area contributed by atoms with Crippen LogP contribution in [0.25, 0.3) is 0 Å². The Hall–Kier alpha value is -2.67. The molecule has 3 aliphatic rings. The zero-order valence-corrected chi connectivity index (χ0v) is 20.6. The third kappa shape index (κ3) is 3.47. The molecular formula is C27H34O7. The van der Waals surface area contributed by atoms with Gasteiger partial charge in [-0.15, -0.1) is 0 Å². The Morgan fingerprint density at radius 1 is 1.26 bits per heavy atom. The first-order chi connectivity index (χ1) is 15.9. The van der Waals surface area contributed by atoms with E-state index >= 15 is 0 Å². The molecule has 0 radical (unpaired) electrons. The van der Waals surface area contributed by atoms with E-state index in [0.29, 0.717) is 12.8 Å². The van der Waals surface area contributed by atoms with Gasteiger partial charge in [0.1, 0.15) is 11.9 Å². The summed E-state index contributed by atoms with van der Waals surface area (Å²) in [6, 6.07) is 1.80. The number of allylic oxidation sites excluding steroid dienone is 1. The molecule has 1 N–H and O–H groups in total. The molecule has 184 valence electrons. The topological polar surface area (TPSA) is 103 Å². The number of hydrogen-bond donors (Lipinski definition) is 1. The molecule has 2 heterocycles. The number of ether oxygens (including phenoxy) is 2. The lowest BCUT2D eigenvalue weighted by Gasteiger charge is -2.59. The second-order valence-corrected chi connectivity index (χ2v) is 11.0. The average molecular weight is 471 g/mol. The van der Waals surface area contributed by atoms with Crippen LogP contribution in [0, 0.1) is 28.1 Å². The van der Waals surface area contributed by atoms with Gasteiger partial charge in [0, 0.05) is 40.7 Å². The smallest absolute Gasteiger partial charge is 0.331 e. The van der Waals surface area contributed by atoms with Crippen molar-refractivity contribution in [3.05, 3.63) is 48.0 Å². The van der Waals surface area contributed by atoms with Gasteiger partial charge in [-0.25, -0.2) is 4.79 Å². The van der Waals surface area contributed by atoms with Crippen molar-refractivity contribution < 1.29 is 33.4 Å². The molecule has 1 aliphatic heterocycles. The zero-order valence-electron chi connectivity index (χ0n) is 20.6. The van der Waals surface area contributed by atoms with Crippen molar-refractivity contribution in [3.63, 3.8) is 0 Å². The number of Topliss-reactive ketones (excluding diaryl/α,β-unsaturated/α-hetero) is 1. The maximum absolute atomic E-state index is 12.9. The van der Waals surface area contributed by atoms with Gasteiger partial charge < -0.3 is 19.0 Å². The molecule has 34 heavy (non-hydrogen) atoms. The first-order valence-electron chi connectivity index (χ1n) is 11.8. The summed E-state index contributed by atoms with van der Waals surface area (Å²) in [6.07, 6.45) is 4.56. The summed E-state index contributed by atoms with van der Waals surface area (Å²) >= 11 is 0. The summed E-state index contributed by atoms with van der Waals surface area (Å²) in [7, 11) is 1.33. The molecule has 6 unspecified atom stereocenters. The number of furan rings is 1. The fourth-order valence-corrected chi connectivity index (χ4v) is 6.84. The molecular weight excluding hydrogens is 436 g/mol. The number of carbonyl (C=O) groups is 3. The van der Waals surface area contributed by atoms with Crippen molar-refractivity contribution in [3.8, 4) is 0 Å². The van der Waals surface area contributed by atoms with Crippen LogP contribution < -0.4 is 0 Å². The molecule has 2 fully saturated rings. The molecule has 4 rings (SSSR count). The molecule has 0 saturated heterocycles. The number of ketones is 1. The number of aliphatic hydroxyl groups excluding tert-OH is 1. The van der Waals surface area contributed by atoms with Gasteiger partial charge in [0.05, 0.1) is 25.7 Å². The number of methoxy groups -OCH3 is 1. The van der Waals surface area contributed by atoms with Crippen LogP contribution in [-0.2, 0) is 23.9 Å². The van der Waals surface area contributed by atoms with Crippen LogP contribution in [0.1, 0.15) is 65.0 Å². The van der Waals surface area contributed by atoms with Crippen molar-refractivity contribution in [2.75, 3.05) is 7.11 Å². The fraction of sp³-hybridized carbons (Fsp3) is 0.593. The van der Waals surface area contributed by atoms with E-state index in [2.05, 4.69) is 13.5 Å². The van der Waals surface area contributed by atoms with E-state index in [0.717, 1.165) is 16.7 Å². The highest BCUT2D eigenvalue weighted by atomic mass is 16.5. The Morgan fingerprint density at radius 3 is 2.59 bits per heavy atom. The SMILES string of the molecule is C=C1C2=CC(=O)OC(c3ccoc3)C2(C)CCC1C1(C)C(O)CC(=O)C(C)(C)C1CC(=O)OC. The Morgan fingerprint density at radius 2 is 1.97 bits per heavy atom. The van der Waals surface area contributed by atoms with Gasteiger partial charge >= 0.3 is 11.9 Å². The van der Waals surface area contributed by atoms with Gasteiger partial charge in [0.2, 0.25) is 0 Å². The monoisotopic (exact) mass is 470 g/mol. The van der Waals surface area contributed by atoms with Gasteiger partial charge in [-0.3, -0.25) is 9.59 Å². The second-order valence-electron chi connectivity index (χ2n) is 11.0. The highest BCUT2D eigenvalue weighted by molar-refractivity contribution is 5.88. The summed E-state index contributed by atoms with van der Waals surface area (Å²) in [5.41, 5.74) is 0.170. The molecule has 6 atom stereocenters. The molecule has 1 aromatic heterocycles. The van der Waals surface area contributed by atoms with Gasteiger partial charge in [-0.1, -0.05) is 34.3 Å². The minimum Gasteiger partial charge on any atom is -0.472 e. The largest absolute Gasteiger partial charge is 0.472 e. The van der Waals surface area contributed by atoms with Crippen molar-refractivity contribution in [1.29, 1.82) is 0 Å².